The summed E-state index contributed by atoms with van der Waals surface area (Å²) in [5.74, 6) is 0. The van der Waals surface area contributed by atoms with Gasteiger partial charge in [-0.05, 0) is 127 Å². The minimum absolute atomic E-state index is 1.12. The van der Waals surface area contributed by atoms with Gasteiger partial charge < -0.3 is 9.47 Å². The van der Waals surface area contributed by atoms with Crippen molar-refractivity contribution in [3.05, 3.63) is 218 Å². The largest absolute Gasteiger partial charge is 0.311 e. The molecule has 2 nitrogen and oxygen atoms in total. The summed E-state index contributed by atoms with van der Waals surface area (Å²) in [4.78, 5) is 2.31. The molecule has 56 heavy (non-hydrogen) atoms. The Labute approximate surface area is 325 Å². The highest BCUT2D eigenvalue weighted by Gasteiger charge is 2.17. The maximum atomic E-state index is 2.45. The summed E-state index contributed by atoms with van der Waals surface area (Å²) in [7, 11) is 0. The first-order chi connectivity index (χ1) is 27.8. The summed E-state index contributed by atoms with van der Waals surface area (Å²) < 4.78 is 2.45. The molecule has 262 valence electrons. The molecule has 0 unspecified atom stereocenters. The van der Waals surface area contributed by atoms with Crippen LogP contribution in [0.3, 0.4) is 0 Å². The number of nitrogens with zero attached hydrogens (tertiary/aromatic N) is 2. The van der Waals surface area contributed by atoms with E-state index >= 15 is 0 Å². The highest BCUT2D eigenvalue weighted by atomic mass is 15.1. The van der Waals surface area contributed by atoms with Gasteiger partial charge in [-0.2, -0.15) is 0 Å². The summed E-state index contributed by atoms with van der Waals surface area (Å²) in [6.45, 7) is 0. The molecule has 0 aliphatic carbocycles. The van der Waals surface area contributed by atoms with E-state index in [0.29, 0.717) is 0 Å². The fraction of sp³-hybridized carbons (Fsp3) is 0. The number of hydrogen-bond acceptors (Lipinski definition) is 1. The van der Waals surface area contributed by atoms with Gasteiger partial charge in [0.1, 0.15) is 0 Å². The number of para-hydroxylation sites is 2. The van der Waals surface area contributed by atoms with Crippen LogP contribution in [0.15, 0.2) is 218 Å². The average molecular weight is 713 g/mol. The number of aromatic nitrogens is 1. The average Bonchev–Trinajstić information content (AvgIpc) is 3.61. The van der Waals surface area contributed by atoms with E-state index < -0.39 is 0 Å². The third-order valence-corrected chi connectivity index (χ3v) is 11.3. The molecule has 0 bridgehead atoms. The minimum Gasteiger partial charge on any atom is -0.311 e. The van der Waals surface area contributed by atoms with E-state index in [4.69, 9.17) is 0 Å². The predicted octanol–water partition coefficient (Wildman–Crippen LogP) is 15.0. The second kappa shape index (κ2) is 13.2. The van der Waals surface area contributed by atoms with E-state index in [1.54, 1.807) is 0 Å². The second-order valence-electron chi connectivity index (χ2n) is 14.5. The highest BCUT2D eigenvalue weighted by Crippen LogP contribution is 2.41. The van der Waals surface area contributed by atoms with Crippen LogP contribution in [0.2, 0.25) is 0 Å². The van der Waals surface area contributed by atoms with Crippen LogP contribution in [-0.2, 0) is 0 Å². The van der Waals surface area contributed by atoms with E-state index in [0.717, 1.165) is 22.7 Å². The Morgan fingerprint density at radius 2 is 0.643 bits per heavy atom. The SMILES string of the molecule is c1ccc(-c2ccc3c(c2)c2cc(-c4ccc(N(c5ccccc5)c5ccccc5)cc4)ccc2n3-c2ccc3c4ccccc4c4ccccc4c3c2)cc1. The van der Waals surface area contributed by atoms with Crippen LogP contribution >= 0.6 is 0 Å². The zero-order chi connectivity index (χ0) is 37.0. The van der Waals surface area contributed by atoms with E-state index in [1.807, 2.05) is 0 Å². The Hall–Kier alpha value is -7.42. The molecule has 2 heteroatoms. The van der Waals surface area contributed by atoms with Crippen LogP contribution < -0.4 is 4.90 Å². The molecular formula is C54H36N2. The van der Waals surface area contributed by atoms with Gasteiger partial charge in [-0.3, -0.25) is 0 Å². The van der Waals surface area contributed by atoms with Gasteiger partial charge in [0.2, 0.25) is 0 Å². The smallest absolute Gasteiger partial charge is 0.0541 e. The molecule has 11 rings (SSSR count). The van der Waals surface area contributed by atoms with Crippen LogP contribution in [0.4, 0.5) is 17.1 Å². The topological polar surface area (TPSA) is 8.17 Å². The molecule has 0 atom stereocenters. The lowest BCUT2D eigenvalue weighted by molar-refractivity contribution is 1.19. The van der Waals surface area contributed by atoms with E-state index in [1.165, 1.54) is 76.4 Å². The third kappa shape index (κ3) is 5.26. The van der Waals surface area contributed by atoms with Gasteiger partial charge in [0.25, 0.3) is 0 Å². The monoisotopic (exact) mass is 712 g/mol. The van der Waals surface area contributed by atoms with Crippen molar-refractivity contribution in [1.82, 2.24) is 4.57 Å². The molecular weight excluding hydrogens is 677 g/mol. The van der Waals surface area contributed by atoms with Gasteiger partial charge >= 0.3 is 0 Å². The van der Waals surface area contributed by atoms with Gasteiger partial charge in [-0.25, -0.2) is 0 Å². The zero-order valence-corrected chi connectivity index (χ0v) is 30.7. The molecule has 0 spiro atoms. The summed E-state index contributed by atoms with van der Waals surface area (Å²) in [6.07, 6.45) is 0. The van der Waals surface area contributed by atoms with Gasteiger partial charge in [0, 0.05) is 33.5 Å². The lowest BCUT2D eigenvalue weighted by Crippen LogP contribution is -2.09. The first kappa shape index (κ1) is 32.0. The van der Waals surface area contributed by atoms with Crippen LogP contribution in [0.25, 0.3) is 82.1 Å². The predicted molar refractivity (Wildman–Crippen MR) is 239 cm³/mol. The van der Waals surface area contributed by atoms with Crippen molar-refractivity contribution in [2.75, 3.05) is 4.90 Å². The van der Waals surface area contributed by atoms with Crippen molar-refractivity contribution in [2.24, 2.45) is 0 Å². The molecule has 1 aromatic heterocycles. The lowest BCUT2D eigenvalue weighted by Gasteiger charge is -2.25. The van der Waals surface area contributed by atoms with E-state index in [9.17, 15) is 0 Å². The van der Waals surface area contributed by atoms with E-state index in [2.05, 4.69) is 228 Å². The van der Waals surface area contributed by atoms with E-state index in [-0.39, 0.29) is 0 Å². The molecule has 1 heterocycles. The molecule has 0 N–H and O–H groups in total. The minimum atomic E-state index is 1.12. The number of benzene rings is 10. The maximum absolute atomic E-state index is 2.45. The number of fused-ring (bicyclic) bond motifs is 9. The Morgan fingerprint density at radius 1 is 0.250 bits per heavy atom. The molecule has 0 saturated heterocycles. The molecule has 0 aliphatic heterocycles. The van der Waals surface area contributed by atoms with Crippen molar-refractivity contribution in [3.63, 3.8) is 0 Å². The summed E-state index contributed by atoms with van der Waals surface area (Å²) >= 11 is 0. The summed E-state index contributed by atoms with van der Waals surface area (Å²) in [6, 6.07) is 79.4. The number of rotatable bonds is 6. The van der Waals surface area contributed by atoms with Crippen LogP contribution in [0.1, 0.15) is 0 Å². The van der Waals surface area contributed by atoms with Crippen LogP contribution in [0, 0.1) is 0 Å². The Bertz CT molecular complexity index is 3140. The van der Waals surface area contributed by atoms with Gasteiger partial charge in [-0.15, -0.1) is 0 Å². The number of hydrogen-bond donors (Lipinski definition) is 0. The molecule has 0 saturated carbocycles. The maximum Gasteiger partial charge on any atom is 0.0541 e. The number of anilines is 3. The normalized spacial score (nSPS) is 11.6. The van der Waals surface area contributed by atoms with Crippen molar-refractivity contribution >= 4 is 71.2 Å². The molecule has 0 aliphatic rings. The molecule has 0 radical (unpaired) electrons. The zero-order valence-electron chi connectivity index (χ0n) is 30.7. The Kier molecular flexibility index (Phi) is 7.53. The van der Waals surface area contributed by atoms with Crippen molar-refractivity contribution < 1.29 is 0 Å². The lowest BCUT2D eigenvalue weighted by atomic mass is 9.94. The Balaban J connectivity index is 1.09. The fourth-order valence-electron chi connectivity index (χ4n) is 8.73. The molecule has 11 aromatic rings. The van der Waals surface area contributed by atoms with Crippen molar-refractivity contribution in [3.8, 4) is 27.9 Å². The van der Waals surface area contributed by atoms with Crippen molar-refractivity contribution in [2.45, 2.75) is 0 Å². The van der Waals surface area contributed by atoms with Crippen LogP contribution in [-0.4, -0.2) is 4.57 Å². The van der Waals surface area contributed by atoms with Crippen molar-refractivity contribution in [1.29, 1.82) is 0 Å². The van der Waals surface area contributed by atoms with Gasteiger partial charge in [-0.1, -0.05) is 146 Å². The fourth-order valence-corrected chi connectivity index (χ4v) is 8.73. The first-order valence-electron chi connectivity index (χ1n) is 19.3. The van der Waals surface area contributed by atoms with Gasteiger partial charge in [0.15, 0.2) is 0 Å². The quantitative estimate of drug-likeness (QED) is 0.156. The standard InChI is InChI=1S/C54H36N2/c1-4-14-37(15-5-1)39-26-32-53-51(34-39)52-35-40(38-24-28-43(29-25-38)55(41-16-6-2-7-17-41)42-18-8-3-9-19-42)27-33-54(52)56(53)44-30-31-49-47-22-11-10-20-45(47)46-21-12-13-23-48(46)50(49)36-44/h1-36H. The molecule has 10 aromatic carbocycles. The molecule has 0 fully saturated rings. The Morgan fingerprint density at radius 3 is 1.16 bits per heavy atom. The second-order valence-corrected chi connectivity index (χ2v) is 14.5. The first-order valence-corrected chi connectivity index (χ1v) is 19.3. The summed E-state index contributed by atoms with van der Waals surface area (Å²) in [5, 5.41) is 10.2. The van der Waals surface area contributed by atoms with Crippen LogP contribution in [0.5, 0.6) is 0 Å². The highest BCUT2D eigenvalue weighted by molar-refractivity contribution is 6.25. The molecule has 0 amide bonds. The third-order valence-electron chi connectivity index (χ3n) is 11.3. The van der Waals surface area contributed by atoms with Gasteiger partial charge in [0.05, 0.1) is 11.0 Å². The summed E-state index contributed by atoms with van der Waals surface area (Å²) in [5.41, 5.74) is 11.7.